The van der Waals surface area contributed by atoms with Gasteiger partial charge in [-0.3, -0.25) is 9.59 Å². The lowest BCUT2D eigenvalue weighted by Gasteiger charge is -2.27. The highest BCUT2D eigenvalue weighted by Gasteiger charge is 2.46. The Labute approximate surface area is 125 Å². The highest BCUT2D eigenvalue weighted by molar-refractivity contribution is 6.26. The molecule has 1 saturated heterocycles. The first-order valence-corrected chi connectivity index (χ1v) is 7.26. The second-order valence-corrected chi connectivity index (χ2v) is 5.57. The summed E-state index contributed by atoms with van der Waals surface area (Å²) in [4.78, 5) is 26.5. The maximum Gasteiger partial charge on any atom is 0.261 e. The zero-order chi connectivity index (χ0) is 15.6. The number of carbonyl (C=O) groups excluding carboxylic acids is 2. The standard InChI is InChI=1S/C17H21NO3/c1-4-11(2)15-16(20)14(12(3)19)17(21)18(15)10-13-8-6-5-7-9-13/h5-9,11,15,19H,4,10H2,1-3H3/b14-12-/t11-,15-/m0/s1. The van der Waals surface area contributed by atoms with Gasteiger partial charge in [-0.25, -0.2) is 0 Å². The van der Waals surface area contributed by atoms with Crippen molar-refractivity contribution in [3.63, 3.8) is 0 Å². The fourth-order valence-electron chi connectivity index (χ4n) is 2.74. The molecule has 0 bridgehead atoms. The van der Waals surface area contributed by atoms with Crippen molar-refractivity contribution in [2.24, 2.45) is 5.92 Å². The third kappa shape index (κ3) is 2.84. The van der Waals surface area contributed by atoms with Gasteiger partial charge in [-0.15, -0.1) is 0 Å². The zero-order valence-corrected chi connectivity index (χ0v) is 12.7. The Morgan fingerprint density at radius 1 is 1.29 bits per heavy atom. The lowest BCUT2D eigenvalue weighted by atomic mass is 9.94. The third-order valence-electron chi connectivity index (χ3n) is 4.07. The summed E-state index contributed by atoms with van der Waals surface area (Å²) in [6.45, 7) is 5.74. The van der Waals surface area contributed by atoms with Crippen molar-refractivity contribution in [2.75, 3.05) is 0 Å². The molecule has 1 aromatic rings. The molecule has 1 aromatic carbocycles. The minimum Gasteiger partial charge on any atom is -0.512 e. The van der Waals surface area contributed by atoms with E-state index in [4.69, 9.17) is 0 Å². The molecule has 0 radical (unpaired) electrons. The van der Waals surface area contributed by atoms with E-state index in [0.29, 0.717) is 6.54 Å². The molecular formula is C17H21NO3. The minimum atomic E-state index is -0.486. The van der Waals surface area contributed by atoms with Crippen molar-refractivity contribution < 1.29 is 14.7 Å². The molecule has 1 N–H and O–H groups in total. The molecule has 112 valence electrons. The Morgan fingerprint density at radius 3 is 2.43 bits per heavy atom. The van der Waals surface area contributed by atoms with Crippen LogP contribution in [0.2, 0.25) is 0 Å². The van der Waals surface area contributed by atoms with Gasteiger partial charge in [0.1, 0.15) is 11.3 Å². The minimum absolute atomic E-state index is 0.0574. The topological polar surface area (TPSA) is 57.6 Å². The monoisotopic (exact) mass is 287 g/mol. The van der Waals surface area contributed by atoms with Gasteiger partial charge in [0.25, 0.3) is 5.91 Å². The quantitative estimate of drug-likeness (QED) is 0.526. The van der Waals surface area contributed by atoms with Gasteiger partial charge in [-0.05, 0) is 18.4 Å². The summed E-state index contributed by atoms with van der Waals surface area (Å²) in [7, 11) is 0. The molecule has 1 aliphatic heterocycles. The Kier molecular flexibility index (Phi) is 4.46. The van der Waals surface area contributed by atoms with E-state index in [1.165, 1.54) is 6.92 Å². The number of aliphatic hydroxyl groups is 1. The van der Waals surface area contributed by atoms with Gasteiger partial charge in [-0.2, -0.15) is 0 Å². The summed E-state index contributed by atoms with van der Waals surface area (Å²) < 4.78 is 0. The second kappa shape index (κ2) is 6.12. The van der Waals surface area contributed by atoms with Gasteiger partial charge in [0.15, 0.2) is 5.78 Å². The van der Waals surface area contributed by atoms with E-state index in [9.17, 15) is 14.7 Å². The summed E-state index contributed by atoms with van der Waals surface area (Å²) in [5.41, 5.74) is 0.917. The zero-order valence-electron chi connectivity index (χ0n) is 12.7. The van der Waals surface area contributed by atoms with Crippen molar-refractivity contribution in [3.05, 3.63) is 47.2 Å². The van der Waals surface area contributed by atoms with Crippen LogP contribution in [0.4, 0.5) is 0 Å². The fraction of sp³-hybridized carbons (Fsp3) is 0.412. The van der Waals surface area contributed by atoms with Gasteiger partial charge in [0.2, 0.25) is 0 Å². The maximum absolute atomic E-state index is 12.5. The molecule has 2 rings (SSSR count). The highest BCUT2D eigenvalue weighted by atomic mass is 16.3. The molecule has 0 aromatic heterocycles. The third-order valence-corrected chi connectivity index (χ3v) is 4.07. The van der Waals surface area contributed by atoms with Crippen LogP contribution in [0.5, 0.6) is 0 Å². The number of amides is 1. The van der Waals surface area contributed by atoms with Crippen molar-refractivity contribution >= 4 is 11.7 Å². The summed E-state index contributed by atoms with van der Waals surface area (Å²) >= 11 is 0. The molecule has 0 saturated carbocycles. The number of Topliss-reactive ketones (excluding diaryl/α,β-unsaturated/α-hetero) is 1. The first kappa shape index (κ1) is 15.3. The molecule has 0 spiro atoms. The summed E-state index contributed by atoms with van der Waals surface area (Å²) in [5.74, 6) is -0.754. The predicted molar refractivity (Wildman–Crippen MR) is 80.6 cm³/mol. The van der Waals surface area contributed by atoms with E-state index >= 15 is 0 Å². The smallest absolute Gasteiger partial charge is 0.261 e. The van der Waals surface area contributed by atoms with Crippen molar-refractivity contribution in [3.8, 4) is 0 Å². The molecule has 4 nitrogen and oxygen atoms in total. The Hall–Kier alpha value is -2.10. The Bertz CT molecular complexity index is 573. The van der Waals surface area contributed by atoms with E-state index in [0.717, 1.165) is 12.0 Å². The van der Waals surface area contributed by atoms with Crippen LogP contribution < -0.4 is 0 Å². The largest absolute Gasteiger partial charge is 0.512 e. The van der Waals surface area contributed by atoms with Gasteiger partial charge in [0.05, 0.1) is 6.04 Å². The molecule has 1 aliphatic rings. The number of aliphatic hydroxyl groups excluding tert-OH is 1. The Balaban J connectivity index is 2.38. The van der Waals surface area contributed by atoms with Crippen molar-refractivity contribution in [1.29, 1.82) is 0 Å². The molecule has 1 fully saturated rings. The number of nitrogens with zero attached hydrogens (tertiary/aromatic N) is 1. The van der Waals surface area contributed by atoms with Crippen LogP contribution in [0.15, 0.2) is 41.7 Å². The fourth-order valence-corrected chi connectivity index (χ4v) is 2.74. The molecule has 2 atom stereocenters. The van der Waals surface area contributed by atoms with Gasteiger partial charge in [0, 0.05) is 6.54 Å². The molecule has 21 heavy (non-hydrogen) atoms. The van der Waals surface area contributed by atoms with Crippen molar-refractivity contribution in [2.45, 2.75) is 39.8 Å². The number of rotatable bonds is 4. The maximum atomic E-state index is 12.5. The molecular weight excluding hydrogens is 266 g/mol. The molecule has 4 heteroatoms. The molecule has 1 amide bonds. The summed E-state index contributed by atoms with van der Waals surface area (Å²) in [6.07, 6.45) is 0.798. The van der Waals surface area contributed by atoms with Crippen LogP contribution in [0.3, 0.4) is 0 Å². The first-order chi connectivity index (χ1) is 9.97. The Morgan fingerprint density at radius 2 is 1.90 bits per heavy atom. The predicted octanol–water partition coefficient (Wildman–Crippen LogP) is 2.84. The highest BCUT2D eigenvalue weighted by Crippen LogP contribution is 2.30. The second-order valence-electron chi connectivity index (χ2n) is 5.57. The molecule has 1 heterocycles. The van der Waals surface area contributed by atoms with Crippen LogP contribution in [0.25, 0.3) is 0 Å². The molecule has 0 unspecified atom stereocenters. The van der Waals surface area contributed by atoms with Crippen LogP contribution in [0.1, 0.15) is 32.8 Å². The van der Waals surface area contributed by atoms with E-state index in [2.05, 4.69) is 0 Å². The van der Waals surface area contributed by atoms with Crippen LogP contribution >= 0.6 is 0 Å². The average Bonchev–Trinajstić information content (AvgIpc) is 2.70. The molecule has 0 aliphatic carbocycles. The number of hydrogen-bond donors (Lipinski definition) is 1. The van der Waals surface area contributed by atoms with Crippen molar-refractivity contribution in [1.82, 2.24) is 4.90 Å². The lowest BCUT2D eigenvalue weighted by Crippen LogP contribution is -2.39. The van der Waals surface area contributed by atoms with E-state index in [-0.39, 0.29) is 28.9 Å². The van der Waals surface area contributed by atoms with E-state index < -0.39 is 6.04 Å². The average molecular weight is 287 g/mol. The van der Waals surface area contributed by atoms with Gasteiger partial charge >= 0.3 is 0 Å². The van der Waals surface area contributed by atoms with Crippen LogP contribution in [-0.2, 0) is 16.1 Å². The number of ketones is 1. The SMILES string of the molecule is CC[C@H](C)[C@H]1C(=O)/C(=C(\C)O)C(=O)N1Cc1ccccc1. The summed E-state index contributed by atoms with van der Waals surface area (Å²) in [5, 5.41) is 9.66. The van der Waals surface area contributed by atoms with Gasteiger partial charge < -0.3 is 10.0 Å². The number of likely N-dealkylation sites (tertiary alicyclic amines) is 1. The summed E-state index contributed by atoms with van der Waals surface area (Å²) in [6, 6.07) is 9.10. The number of carbonyl (C=O) groups is 2. The number of allylic oxidation sites excluding steroid dienone is 1. The lowest BCUT2D eigenvalue weighted by molar-refractivity contribution is -0.129. The first-order valence-electron chi connectivity index (χ1n) is 7.26. The number of hydrogen-bond acceptors (Lipinski definition) is 3. The van der Waals surface area contributed by atoms with Gasteiger partial charge in [-0.1, -0.05) is 50.6 Å². The van der Waals surface area contributed by atoms with E-state index in [1.54, 1.807) is 4.90 Å². The normalized spacial score (nSPS) is 22.6. The van der Waals surface area contributed by atoms with E-state index in [1.807, 2.05) is 44.2 Å². The van der Waals surface area contributed by atoms with Crippen LogP contribution in [-0.4, -0.2) is 27.7 Å². The van der Waals surface area contributed by atoms with Crippen LogP contribution in [0, 0.1) is 5.92 Å². The number of benzene rings is 1.